The van der Waals surface area contributed by atoms with Crippen molar-refractivity contribution in [2.45, 2.75) is 6.92 Å². The van der Waals surface area contributed by atoms with Crippen LogP contribution in [0.25, 0.3) is 0 Å². The van der Waals surface area contributed by atoms with E-state index in [1.165, 1.54) is 12.1 Å². The molecule has 0 aliphatic carbocycles. The lowest BCUT2D eigenvalue weighted by Gasteiger charge is -2.08. The van der Waals surface area contributed by atoms with E-state index in [9.17, 15) is 18.0 Å². The summed E-state index contributed by atoms with van der Waals surface area (Å²) in [4.78, 5) is 11.9. The number of anilines is 1. The van der Waals surface area contributed by atoms with Crippen LogP contribution >= 0.6 is 15.9 Å². The average molecular weight is 344 g/mol. The molecule has 2 aromatic carbocycles. The molecule has 0 aliphatic rings. The van der Waals surface area contributed by atoms with Gasteiger partial charge in [0.05, 0.1) is 10.2 Å². The van der Waals surface area contributed by atoms with Gasteiger partial charge in [0.2, 0.25) is 0 Å². The Labute approximate surface area is 121 Å². The third-order valence-corrected chi connectivity index (χ3v) is 3.17. The largest absolute Gasteiger partial charge is 0.319 e. The summed E-state index contributed by atoms with van der Waals surface area (Å²) >= 11 is 2.83. The van der Waals surface area contributed by atoms with Gasteiger partial charge in [0.1, 0.15) is 17.5 Å². The summed E-state index contributed by atoms with van der Waals surface area (Å²) in [5.41, 5.74) is 0.278. The number of hydrogen-bond acceptors (Lipinski definition) is 1. The van der Waals surface area contributed by atoms with Crippen LogP contribution in [0.1, 0.15) is 15.9 Å². The van der Waals surface area contributed by atoms with Crippen LogP contribution in [0, 0.1) is 24.4 Å². The normalized spacial score (nSPS) is 10.4. The number of amides is 1. The molecule has 0 aliphatic heterocycles. The summed E-state index contributed by atoms with van der Waals surface area (Å²) in [7, 11) is 0. The van der Waals surface area contributed by atoms with E-state index in [1.54, 1.807) is 6.92 Å². The number of aryl methyl sites for hydroxylation is 1. The molecule has 0 fully saturated rings. The standard InChI is InChI=1S/C14H9BrF3NO/c1-7-2-8(4-9(16)3-7)14(20)19-13-6-11(17)10(15)5-12(13)18/h2-6H,1H3,(H,19,20). The van der Waals surface area contributed by atoms with Gasteiger partial charge in [-0.25, -0.2) is 13.2 Å². The molecule has 0 bridgehead atoms. The Hall–Kier alpha value is -1.82. The van der Waals surface area contributed by atoms with Crippen molar-refractivity contribution in [1.29, 1.82) is 0 Å². The predicted octanol–water partition coefficient (Wildman–Crippen LogP) is 4.43. The number of halogens is 4. The van der Waals surface area contributed by atoms with Gasteiger partial charge in [0, 0.05) is 11.6 Å². The van der Waals surface area contributed by atoms with Crippen molar-refractivity contribution < 1.29 is 18.0 Å². The molecule has 20 heavy (non-hydrogen) atoms. The van der Waals surface area contributed by atoms with Gasteiger partial charge in [-0.2, -0.15) is 0 Å². The fourth-order valence-electron chi connectivity index (χ4n) is 1.68. The van der Waals surface area contributed by atoms with Crippen LogP contribution in [0.5, 0.6) is 0 Å². The maximum absolute atomic E-state index is 13.6. The van der Waals surface area contributed by atoms with Crippen molar-refractivity contribution in [2.24, 2.45) is 0 Å². The van der Waals surface area contributed by atoms with Gasteiger partial charge in [-0.3, -0.25) is 4.79 Å². The minimum atomic E-state index is -0.792. The van der Waals surface area contributed by atoms with Crippen molar-refractivity contribution in [3.05, 3.63) is 63.4 Å². The van der Waals surface area contributed by atoms with Crippen LogP contribution in [0.15, 0.2) is 34.8 Å². The number of benzene rings is 2. The molecule has 1 amide bonds. The Kier molecular flexibility index (Phi) is 4.13. The van der Waals surface area contributed by atoms with Gasteiger partial charge < -0.3 is 5.32 Å². The van der Waals surface area contributed by atoms with Crippen LogP contribution in [-0.2, 0) is 0 Å². The van der Waals surface area contributed by atoms with Crippen molar-refractivity contribution in [3.63, 3.8) is 0 Å². The highest BCUT2D eigenvalue weighted by molar-refractivity contribution is 9.10. The van der Waals surface area contributed by atoms with E-state index in [2.05, 4.69) is 21.2 Å². The van der Waals surface area contributed by atoms with E-state index in [4.69, 9.17) is 0 Å². The molecule has 2 aromatic rings. The zero-order valence-corrected chi connectivity index (χ0v) is 11.9. The Balaban J connectivity index is 2.30. The van der Waals surface area contributed by atoms with Crippen molar-refractivity contribution >= 4 is 27.5 Å². The van der Waals surface area contributed by atoms with E-state index >= 15 is 0 Å². The number of hydrogen-bond donors (Lipinski definition) is 1. The minimum Gasteiger partial charge on any atom is -0.319 e. The first kappa shape index (κ1) is 14.6. The van der Waals surface area contributed by atoms with Crippen LogP contribution < -0.4 is 5.32 Å². The molecule has 104 valence electrons. The smallest absolute Gasteiger partial charge is 0.255 e. The molecule has 0 radical (unpaired) electrons. The summed E-state index contributed by atoms with van der Waals surface area (Å²) in [6, 6.07) is 5.49. The number of carbonyl (C=O) groups excluding carboxylic acids is 1. The summed E-state index contributed by atoms with van der Waals surface area (Å²) in [6.07, 6.45) is 0. The predicted molar refractivity (Wildman–Crippen MR) is 73.1 cm³/mol. The SMILES string of the molecule is Cc1cc(F)cc(C(=O)Nc2cc(F)c(Br)cc2F)c1. The molecule has 0 spiro atoms. The van der Waals surface area contributed by atoms with Crippen molar-refractivity contribution in [2.75, 3.05) is 5.32 Å². The Morgan fingerprint density at radius 1 is 1.05 bits per heavy atom. The van der Waals surface area contributed by atoms with Gasteiger partial charge in [0.25, 0.3) is 5.91 Å². The molecular formula is C14H9BrF3NO. The lowest BCUT2D eigenvalue weighted by molar-refractivity contribution is 0.102. The molecule has 1 N–H and O–H groups in total. The molecule has 2 rings (SSSR count). The van der Waals surface area contributed by atoms with E-state index in [-0.39, 0.29) is 15.7 Å². The molecule has 6 heteroatoms. The number of nitrogens with one attached hydrogen (secondary N) is 1. The summed E-state index contributed by atoms with van der Waals surface area (Å²) in [5.74, 6) is -2.79. The summed E-state index contributed by atoms with van der Waals surface area (Å²) in [6.45, 7) is 1.62. The molecular weight excluding hydrogens is 335 g/mol. The van der Waals surface area contributed by atoms with Gasteiger partial charge in [0.15, 0.2) is 0 Å². The molecule has 2 nitrogen and oxygen atoms in total. The lowest BCUT2D eigenvalue weighted by Crippen LogP contribution is -2.13. The fourth-order valence-corrected chi connectivity index (χ4v) is 2.00. The van der Waals surface area contributed by atoms with Crippen LogP contribution in [0.4, 0.5) is 18.9 Å². The maximum atomic E-state index is 13.6. The Bertz CT molecular complexity index is 668. The third kappa shape index (κ3) is 3.19. The fraction of sp³-hybridized carbons (Fsp3) is 0.0714. The monoisotopic (exact) mass is 343 g/mol. The molecule has 0 saturated carbocycles. The molecule has 0 atom stereocenters. The van der Waals surface area contributed by atoms with Gasteiger partial charge in [-0.1, -0.05) is 0 Å². The maximum Gasteiger partial charge on any atom is 0.255 e. The summed E-state index contributed by atoms with van der Waals surface area (Å²) < 4.78 is 40.1. The van der Waals surface area contributed by atoms with Gasteiger partial charge in [-0.05, 0) is 52.7 Å². The molecule has 0 unspecified atom stereocenters. The molecule has 0 heterocycles. The van der Waals surface area contributed by atoms with E-state index in [0.717, 1.165) is 18.2 Å². The third-order valence-electron chi connectivity index (χ3n) is 2.56. The van der Waals surface area contributed by atoms with Crippen molar-refractivity contribution in [3.8, 4) is 0 Å². The highest BCUT2D eigenvalue weighted by Gasteiger charge is 2.13. The number of rotatable bonds is 2. The van der Waals surface area contributed by atoms with Crippen LogP contribution in [0.2, 0.25) is 0 Å². The highest BCUT2D eigenvalue weighted by atomic mass is 79.9. The number of carbonyl (C=O) groups is 1. The molecule has 0 aromatic heterocycles. The molecule has 0 saturated heterocycles. The van der Waals surface area contributed by atoms with Crippen molar-refractivity contribution in [1.82, 2.24) is 0 Å². The second kappa shape index (κ2) is 5.66. The average Bonchev–Trinajstić information content (AvgIpc) is 2.34. The van der Waals surface area contributed by atoms with Gasteiger partial charge in [-0.15, -0.1) is 0 Å². The summed E-state index contributed by atoms with van der Waals surface area (Å²) in [5, 5.41) is 2.21. The Morgan fingerprint density at radius 3 is 2.40 bits per heavy atom. The first-order valence-electron chi connectivity index (χ1n) is 5.60. The second-order valence-electron chi connectivity index (χ2n) is 4.22. The first-order valence-corrected chi connectivity index (χ1v) is 6.39. The lowest BCUT2D eigenvalue weighted by atomic mass is 10.1. The van der Waals surface area contributed by atoms with Gasteiger partial charge >= 0.3 is 0 Å². The topological polar surface area (TPSA) is 29.1 Å². The van der Waals surface area contributed by atoms with E-state index < -0.39 is 23.4 Å². The Morgan fingerprint density at radius 2 is 1.75 bits per heavy atom. The first-order chi connectivity index (χ1) is 9.36. The zero-order valence-electron chi connectivity index (χ0n) is 10.3. The van der Waals surface area contributed by atoms with Crippen LogP contribution in [-0.4, -0.2) is 5.91 Å². The minimum absolute atomic E-state index is 0.0326. The zero-order chi connectivity index (χ0) is 14.9. The van der Waals surface area contributed by atoms with E-state index in [0.29, 0.717) is 5.56 Å². The quantitative estimate of drug-likeness (QED) is 0.803. The van der Waals surface area contributed by atoms with E-state index in [1.807, 2.05) is 0 Å². The highest BCUT2D eigenvalue weighted by Crippen LogP contribution is 2.24. The second-order valence-corrected chi connectivity index (χ2v) is 5.07. The van der Waals surface area contributed by atoms with Crippen LogP contribution in [0.3, 0.4) is 0 Å².